The van der Waals surface area contributed by atoms with Crippen molar-refractivity contribution < 1.29 is 9.32 Å². The van der Waals surface area contributed by atoms with Crippen LogP contribution in [0.4, 0.5) is 10.7 Å². The third-order valence-electron chi connectivity index (χ3n) is 2.88. The van der Waals surface area contributed by atoms with Gasteiger partial charge >= 0.3 is 0 Å². The third kappa shape index (κ3) is 3.56. The number of Topliss-reactive ketones (excluding diaryl/α,β-unsaturated/α-hetero) is 1. The van der Waals surface area contributed by atoms with Gasteiger partial charge in [-0.3, -0.25) is 4.79 Å². The number of rotatable bonds is 7. The average molecular weight is 326 g/mol. The molecule has 21 heavy (non-hydrogen) atoms. The first kappa shape index (κ1) is 15.8. The Bertz CT molecular complexity index is 608. The molecule has 0 saturated heterocycles. The van der Waals surface area contributed by atoms with Gasteiger partial charge in [-0.25, -0.2) is 0 Å². The van der Waals surface area contributed by atoms with Crippen LogP contribution in [0.1, 0.15) is 29.4 Å². The molecule has 2 aromatic heterocycles. The summed E-state index contributed by atoms with van der Waals surface area (Å²) >= 11 is 2.95. The van der Waals surface area contributed by atoms with Crippen LogP contribution in [0.5, 0.6) is 0 Å². The van der Waals surface area contributed by atoms with Crippen molar-refractivity contribution in [1.82, 2.24) is 10.1 Å². The maximum Gasteiger partial charge on any atom is 0.228 e. The normalized spacial score (nSPS) is 11.0. The number of carbonyl (C=O) groups excluding carboxylic acids is 1. The van der Waals surface area contributed by atoms with E-state index in [0.717, 1.165) is 9.90 Å². The van der Waals surface area contributed by atoms with Crippen molar-refractivity contribution in [2.45, 2.75) is 25.2 Å². The minimum absolute atomic E-state index is 0.0631. The molecular formula is C13H18N4O2S2. The van der Waals surface area contributed by atoms with E-state index < -0.39 is 0 Å². The fourth-order valence-corrected chi connectivity index (χ4v) is 3.93. The summed E-state index contributed by atoms with van der Waals surface area (Å²) in [6.45, 7) is 4.40. The molecule has 0 saturated carbocycles. The lowest BCUT2D eigenvalue weighted by Gasteiger charge is -2.04. The van der Waals surface area contributed by atoms with Crippen LogP contribution in [0, 0.1) is 5.92 Å². The molecule has 0 radical (unpaired) electrons. The predicted octanol–water partition coefficient (Wildman–Crippen LogP) is 2.93. The van der Waals surface area contributed by atoms with Gasteiger partial charge < -0.3 is 15.6 Å². The van der Waals surface area contributed by atoms with E-state index in [1.807, 2.05) is 20.1 Å². The van der Waals surface area contributed by atoms with Crippen molar-refractivity contribution in [3.05, 3.63) is 17.1 Å². The number of nitrogens with one attached hydrogen (secondary N) is 1. The van der Waals surface area contributed by atoms with Crippen LogP contribution in [-0.4, -0.2) is 28.7 Å². The predicted molar refractivity (Wildman–Crippen MR) is 86.2 cm³/mol. The van der Waals surface area contributed by atoms with Gasteiger partial charge in [0.25, 0.3) is 0 Å². The molecule has 0 aromatic carbocycles. The molecule has 3 N–H and O–H groups in total. The van der Waals surface area contributed by atoms with E-state index in [2.05, 4.69) is 15.5 Å². The number of thiophene rings is 1. The van der Waals surface area contributed by atoms with Crippen LogP contribution < -0.4 is 11.1 Å². The number of carbonyl (C=O) groups is 1. The largest absolute Gasteiger partial charge is 0.396 e. The molecule has 8 heteroatoms. The number of anilines is 2. The Kier molecular flexibility index (Phi) is 5.24. The van der Waals surface area contributed by atoms with Crippen LogP contribution in [-0.2, 0) is 6.42 Å². The number of ketones is 1. The van der Waals surface area contributed by atoms with Gasteiger partial charge in [0.1, 0.15) is 5.00 Å². The molecule has 0 atom stereocenters. The Labute approximate surface area is 131 Å². The van der Waals surface area contributed by atoms with Gasteiger partial charge in [0.15, 0.2) is 12.1 Å². The molecule has 0 fully saturated rings. The van der Waals surface area contributed by atoms with E-state index >= 15 is 0 Å². The molecule has 0 unspecified atom stereocenters. The van der Waals surface area contributed by atoms with Gasteiger partial charge in [-0.1, -0.05) is 19.0 Å². The molecule has 0 aliphatic carbocycles. The highest BCUT2D eigenvalue weighted by Gasteiger charge is 2.22. The van der Waals surface area contributed by atoms with Crippen LogP contribution in [0.2, 0.25) is 0 Å². The molecule has 6 nitrogen and oxygen atoms in total. The molecule has 0 bridgehead atoms. The fourth-order valence-electron chi connectivity index (χ4n) is 1.78. The Morgan fingerprint density at radius 3 is 2.90 bits per heavy atom. The zero-order chi connectivity index (χ0) is 15.4. The topological polar surface area (TPSA) is 94.0 Å². The third-order valence-corrected chi connectivity index (χ3v) is 5.02. The summed E-state index contributed by atoms with van der Waals surface area (Å²) in [6.07, 6.45) is 3.95. The molecule has 2 heterocycles. The minimum Gasteiger partial charge on any atom is -0.396 e. The molecule has 114 valence electrons. The number of thioether (sulfide) groups is 1. The minimum atomic E-state index is -0.0631. The highest BCUT2D eigenvalue weighted by molar-refractivity contribution is 7.99. The number of nitrogen functional groups attached to an aromatic ring is 1. The molecule has 0 aliphatic heterocycles. The summed E-state index contributed by atoms with van der Waals surface area (Å²) in [6, 6.07) is 0. The highest BCUT2D eigenvalue weighted by Crippen LogP contribution is 2.42. The van der Waals surface area contributed by atoms with E-state index in [0.29, 0.717) is 29.4 Å². The smallest absolute Gasteiger partial charge is 0.228 e. The molecular weight excluding hydrogens is 308 g/mol. The maximum atomic E-state index is 12.2. The monoisotopic (exact) mass is 326 g/mol. The van der Waals surface area contributed by atoms with E-state index in [9.17, 15) is 4.79 Å². The first-order valence-corrected chi connectivity index (χ1v) is 8.58. The SMILES string of the molecule is CSc1c(NCCc2ncno2)sc(C(=O)C(C)C)c1N. The van der Waals surface area contributed by atoms with E-state index in [1.54, 1.807) is 0 Å². The summed E-state index contributed by atoms with van der Waals surface area (Å²) in [5.74, 6) is 0.598. The van der Waals surface area contributed by atoms with Crippen LogP contribution in [0.3, 0.4) is 0 Å². The second-order valence-electron chi connectivity index (χ2n) is 4.74. The molecule has 0 aliphatic rings. The lowest BCUT2D eigenvalue weighted by molar-refractivity contribution is 0.0944. The van der Waals surface area contributed by atoms with Crippen LogP contribution in [0.25, 0.3) is 0 Å². The number of aromatic nitrogens is 2. The quantitative estimate of drug-likeness (QED) is 0.596. The summed E-state index contributed by atoms with van der Waals surface area (Å²) in [7, 11) is 0. The second kappa shape index (κ2) is 6.95. The number of nitrogens with two attached hydrogens (primary N) is 1. The summed E-state index contributed by atoms with van der Waals surface area (Å²) in [4.78, 5) is 17.7. The van der Waals surface area contributed by atoms with Crippen LogP contribution >= 0.6 is 23.1 Å². The van der Waals surface area contributed by atoms with Crippen LogP contribution in [0.15, 0.2) is 15.7 Å². The lowest BCUT2D eigenvalue weighted by atomic mass is 10.1. The lowest BCUT2D eigenvalue weighted by Crippen LogP contribution is -2.07. The Hall–Kier alpha value is -1.54. The Morgan fingerprint density at radius 1 is 1.57 bits per heavy atom. The average Bonchev–Trinajstić information content (AvgIpc) is 3.06. The maximum absolute atomic E-state index is 12.2. The van der Waals surface area contributed by atoms with Crippen molar-refractivity contribution in [1.29, 1.82) is 0 Å². The van der Waals surface area contributed by atoms with Crippen molar-refractivity contribution in [3.63, 3.8) is 0 Å². The highest BCUT2D eigenvalue weighted by atomic mass is 32.2. The van der Waals surface area contributed by atoms with Gasteiger partial charge in [0.2, 0.25) is 5.89 Å². The summed E-state index contributed by atoms with van der Waals surface area (Å²) in [5, 5.41) is 7.78. The van der Waals surface area contributed by atoms with E-state index in [-0.39, 0.29) is 11.7 Å². The first-order chi connectivity index (χ1) is 10.0. The van der Waals surface area contributed by atoms with E-state index in [4.69, 9.17) is 10.3 Å². The number of nitrogens with zero attached hydrogens (tertiary/aromatic N) is 2. The molecule has 2 aromatic rings. The van der Waals surface area contributed by atoms with Crippen molar-refractivity contribution in [2.24, 2.45) is 5.92 Å². The first-order valence-electron chi connectivity index (χ1n) is 6.54. The number of hydrogen-bond donors (Lipinski definition) is 2. The Morgan fingerprint density at radius 2 is 2.33 bits per heavy atom. The molecule has 2 rings (SSSR count). The van der Waals surface area contributed by atoms with Gasteiger partial charge in [0.05, 0.1) is 15.5 Å². The van der Waals surface area contributed by atoms with Gasteiger partial charge in [-0.2, -0.15) is 4.98 Å². The van der Waals surface area contributed by atoms with E-state index in [1.165, 1.54) is 29.4 Å². The van der Waals surface area contributed by atoms with Gasteiger partial charge in [0, 0.05) is 18.9 Å². The molecule has 0 amide bonds. The zero-order valence-corrected chi connectivity index (χ0v) is 13.8. The van der Waals surface area contributed by atoms with Gasteiger partial charge in [-0.05, 0) is 6.26 Å². The summed E-state index contributed by atoms with van der Waals surface area (Å²) < 4.78 is 4.94. The second-order valence-corrected chi connectivity index (χ2v) is 6.58. The van der Waals surface area contributed by atoms with Crippen molar-refractivity contribution in [3.8, 4) is 0 Å². The Balaban J connectivity index is 2.11. The van der Waals surface area contributed by atoms with Crippen molar-refractivity contribution in [2.75, 3.05) is 23.9 Å². The summed E-state index contributed by atoms with van der Waals surface area (Å²) in [5.41, 5.74) is 6.68. The fraction of sp³-hybridized carbons (Fsp3) is 0.462. The van der Waals surface area contributed by atoms with Crippen molar-refractivity contribution >= 4 is 39.6 Å². The van der Waals surface area contributed by atoms with Gasteiger partial charge in [-0.15, -0.1) is 23.1 Å². The number of hydrogen-bond acceptors (Lipinski definition) is 8. The zero-order valence-electron chi connectivity index (χ0n) is 12.2. The standard InChI is InChI=1S/C13H18N4O2S2/c1-7(2)10(18)11-9(14)12(20-3)13(21-11)15-5-4-8-16-6-17-19-8/h6-7,15H,4-5,14H2,1-3H3. The molecule has 0 spiro atoms.